The van der Waals surface area contributed by atoms with Crippen molar-refractivity contribution >= 4 is 5.91 Å². The van der Waals surface area contributed by atoms with E-state index in [9.17, 15) is 4.79 Å². The molecular weight excluding hydrogens is 270 g/mol. The minimum absolute atomic E-state index is 0.0504. The molecule has 1 aromatic carbocycles. The zero-order valence-corrected chi connectivity index (χ0v) is 11.7. The number of nitrogens with one attached hydrogen (secondary N) is 1. The van der Waals surface area contributed by atoms with E-state index in [1.165, 1.54) is 11.1 Å². The third-order valence-electron chi connectivity index (χ3n) is 3.86. The summed E-state index contributed by atoms with van der Waals surface area (Å²) in [5, 5.41) is 14.1. The quantitative estimate of drug-likeness (QED) is 0.725. The molecule has 2 heterocycles. The van der Waals surface area contributed by atoms with Crippen LogP contribution < -0.4 is 11.1 Å². The average molecular weight is 289 g/mol. The lowest BCUT2D eigenvalue weighted by molar-refractivity contribution is -0.143. The van der Waals surface area contributed by atoms with E-state index in [0.717, 1.165) is 25.1 Å². The van der Waals surface area contributed by atoms with Gasteiger partial charge >= 0.3 is 0 Å². The molecule has 0 saturated carbocycles. The first-order valence-corrected chi connectivity index (χ1v) is 7.08. The number of primary amides is 1. The summed E-state index contributed by atoms with van der Waals surface area (Å²) in [5.74, 6) is -0.463. The van der Waals surface area contributed by atoms with Crippen molar-refractivity contribution in [2.24, 2.45) is 5.73 Å². The van der Waals surface area contributed by atoms with Crippen molar-refractivity contribution in [1.29, 1.82) is 0 Å². The highest BCUT2D eigenvalue weighted by molar-refractivity contribution is 5.90. The minimum Gasteiger partial charge on any atom is -0.399 e. The van der Waals surface area contributed by atoms with Crippen LogP contribution in [0.1, 0.15) is 22.7 Å². The summed E-state index contributed by atoms with van der Waals surface area (Å²) >= 11 is 0. The van der Waals surface area contributed by atoms with Gasteiger partial charge < -0.3 is 21.0 Å². The first-order valence-electron chi connectivity index (χ1n) is 7.08. The smallest absolute Gasteiger partial charge is 0.286 e. The van der Waals surface area contributed by atoms with Crippen LogP contribution >= 0.6 is 0 Å². The Morgan fingerprint density at radius 2 is 2.33 bits per heavy atom. The molecule has 21 heavy (non-hydrogen) atoms. The van der Waals surface area contributed by atoms with Gasteiger partial charge in [-0.1, -0.05) is 18.2 Å². The van der Waals surface area contributed by atoms with E-state index < -0.39 is 5.91 Å². The number of hydrogen-bond donors (Lipinski definition) is 3. The van der Waals surface area contributed by atoms with Crippen LogP contribution in [0.2, 0.25) is 0 Å². The Morgan fingerprint density at radius 3 is 3.10 bits per heavy atom. The van der Waals surface area contributed by atoms with Crippen molar-refractivity contribution in [3.63, 3.8) is 0 Å². The maximum Gasteiger partial charge on any atom is 0.286 e. The van der Waals surface area contributed by atoms with Crippen molar-refractivity contribution in [2.45, 2.75) is 19.0 Å². The largest absolute Gasteiger partial charge is 0.399 e. The van der Waals surface area contributed by atoms with Crippen molar-refractivity contribution in [3.05, 3.63) is 46.7 Å². The average Bonchev–Trinajstić information content (AvgIpc) is 2.91. The van der Waals surface area contributed by atoms with Crippen molar-refractivity contribution < 1.29 is 14.7 Å². The van der Waals surface area contributed by atoms with Gasteiger partial charge in [0.15, 0.2) is 0 Å². The fourth-order valence-corrected chi connectivity index (χ4v) is 2.79. The van der Waals surface area contributed by atoms with E-state index in [1.54, 1.807) is 11.1 Å². The molecule has 0 aliphatic carbocycles. The number of carbonyl (C=O) groups is 1. The molecular formula is C15H19N3O3. The van der Waals surface area contributed by atoms with E-state index in [1.807, 2.05) is 6.07 Å². The van der Waals surface area contributed by atoms with Crippen LogP contribution in [0.5, 0.6) is 0 Å². The zero-order valence-electron chi connectivity index (χ0n) is 11.7. The molecule has 4 N–H and O–H groups in total. The number of amides is 1. The van der Waals surface area contributed by atoms with Crippen molar-refractivity contribution in [2.75, 3.05) is 19.7 Å². The third kappa shape index (κ3) is 2.78. The number of hydroxylamine groups is 2. The normalized spacial score (nSPS) is 21.6. The molecule has 0 bridgehead atoms. The lowest BCUT2D eigenvalue weighted by atomic mass is 9.95. The molecule has 0 aromatic heterocycles. The lowest BCUT2D eigenvalue weighted by Gasteiger charge is -2.24. The summed E-state index contributed by atoms with van der Waals surface area (Å²) in [6.45, 7) is 2.13. The standard InChI is InChI=1S/C15H19N3O3/c16-15(20)14-8-13(18(21-14)5-6-19)11-1-2-12-9-17-4-3-10(12)7-11/h1-2,7-8,13,17,19H,3-6,9H2,(H2,16,20). The molecule has 0 radical (unpaired) electrons. The second-order valence-electron chi connectivity index (χ2n) is 5.25. The van der Waals surface area contributed by atoms with E-state index >= 15 is 0 Å². The number of fused-ring (bicyclic) bond motifs is 1. The minimum atomic E-state index is -0.595. The summed E-state index contributed by atoms with van der Waals surface area (Å²) in [5.41, 5.74) is 8.94. The van der Waals surface area contributed by atoms with Gasteiger partial charge in [-0.2, -0.15) is 0 Å². The van der Waals surface area contributed by atoms with Crippen LogP contribution in [0.4, 0.5) is 0 Å². The molecule has 6 heteroatoms. The summed E-state index contributed by atoms with van der Waals surface area (Å²) in [7, 11) is 0. The predicted molar refractivity (Wildman–Crippen MR) is 76.7 cm³/mol. The van der Waals surface area contributed by atoms with Gasteiger partial charge in [0.2, 0.25) is 5.76 Å². The van der Waals surface area contributed by atoms with Crippen LogP contribution in [0.15, 0.2) is 30.0 Å². The van der Waals surface area contributed by atoms with E-state index in [4.69, 9.17) is 15.7 Å². The number of rotatable bonds is 4. The first kappa shape index (κ1) is 14.1. The Labute approximate surface area is 123 Å². The summed E-state index contributed by atoms with van der Waals surface area (Å²) in [6.07, 6.45) is 2.70. The molecule has 0 saturated heterocycles. The van der Waals surface area contributed by atoms with Crippen LogP contribution in [0, 0.1) is 0 Å². The molecule has 1 aromatic rings. The summed E-state index contributed by atoms with van der Waals surface area (Å²) < 4.78 is 0. The van der Waals surface area contributed by atoms with E-state index in [2.05, 4.69) is 17.4 Å². The molecule has 1 atom stereocenters. The summed E-state index contributed by atoms with van der Waals surface area (Å²) in [4.78, 5) is 16.7. The van der Waals surface area contributed by atoms with Gasteiger partial charge in [0, 0.05) is 6.54 Å². The van der Waals surface area contributed by atoms with Gasteiger partial charge in [-0.15, -0.1) is 5.06 Å². The first-order chi connectivity index (χ1) is 10.2. The predicted octanol–water partition coefficient (Wildman–Crippen LogP) is -0.0179. The van der Waals surface area contributed by atoms with Gasteiger partial charge in [0.1, 0.15) is 0 Å². The van der Waals surface area contributed by atoms with Crippen LogP contribution in [-0.2, 0) is 22.6 Å². The van der Waals surface area contributed by atoms with Crippen LogP contribution in [0.25, 0.3) is 0 Å². The van der Waals surface area contributed by atoms with Gasteiger partial charge in [-0.3, -0.25) is 4.79 Å². The number of aliphatic hydroxyl groups excluding tert-OH is 1. The van der Waals surface area contributed by atoms with Crippen molar-refractivity contribution in [1.82, 2.24) is 10.4 Å². The Hall–Kier alpha value is -1.89. The van der Waals surface area contributed by atoms with Crippen LogP contribution in [-0.4, -0.2) is 35.8 Å². The maximum atomic E-state index is 11.3. The highest BCUT2D eigenvalue weighted by Gasteiger charge is 2.30. The highest BCUT2D eigenvalue weighted by Crippen LogP contribution is 2.32. The fourth-order valence-electron chi connectivity index (χ4n) is 2.79. The number of nitrogens with zero attached hydrogens (tertiary/aromatic N) is 1. The Morgan fingerprint density at radius 1 is 1.48 bits per heavy atom. The molecule has 0 spiro atoms. The van der Waals surface area contributed by atoms with Gasteiger partial charge in [0.25, 0.3) is 5.91 Å². The van der Waals surface area contributed by atoms with E-state index in [-0.39, 0.29) is 18.4 Å². The maximum absolute atomic E-state index is 11.3. The Bertz CT molecular complexity index is 586. The second kappa shape index (κ2) is 5.85. The number of β-amino-alcohol motifs (C(OH)–C–C–N with tert-alkyl or cyclic N) is 1. The number of carbonyl (C=O) groups excluding carboxylic acids is 1. The number of hydrogen-bond acceptors (Lipinski definition) is 5. The highest BCUT2D eigenvalue weighted by atomic mass is 16.7. The van der Waals surface area contributed by atoms with Gasteiger partial charge in [0.05, 0.1) is 19.2 Å². The zero-order chi connectivity index (χ0) is 14.8. The number of nitrogens with two attached hydrogens (primary N) is 1. The third-order valence-corrected chi connectivity index (χ3v) is 3.86. The monoisotopic (exact) mass is 289 g/mol. The molecule has 112 valence electrons. The lowest BCUT2D eigenvalue weighted by Crippen LogP contribution is -2.28. The Kier molecular flexibility index (Phi) is 3.92. The SMILES string of the molecule is NC(=O)C1=CC(c2ccc3c(c2)CCNC3)N(CCO)O1. The summed E-state index contributed by atoms with van der Waals surface area (Å²) in [6, 6.07) is 6.09. The van der Waals surface area contributed by atoms with Crippen molar-refractivity contribution in [3.8, 4) is 0 Å². The number of aliphatic hydroxyl groups is 1. The molecule has 1 unspecified atom stereocenters. The Balaban J connectivity index is 1.91. The molecule has 3 rings (SSSR count). The molecule has 0 fully saturated rings. The molecule has 2 aliphatic heterocycles. The van der Waals surface area contributed by atoms with Gasteiger partial charge in [-0.05, 0) is 35.7 Å². The molecule has 2 aliphatic rings. The fraction of sp³-hybridized carbons (Fsp3) is 0.400. The second-order valence-corrected chi connectivity index (χ2v) is 5.25. The molecule has 6 nitrogen and oxygen atoms in total. The van der Waals surface area contributed by atoms with Gasteiger partial charge in [-0.25, -0.2) is 0 Å². The number of benzene rings is 1. The van der Waals surface area contributed by atoms with Crippen LogP contribution in [0.3, 0.4) is 0 Å². The van der Waals surface area contributed by atoms with E-state index in [0.29, 0.717) is 6.54 Å². The molecule has 1 amide bonds. The topological polar surface area (TPSA) is 87.8 Å².